The number of anilines is 2. The van der Waals surface area contributed by atoms with E-state index in [0.29, 0.717) is 35.2 Å². The zero-order valence-electron chi connectivity index (χ0n) is 18.3. The van der Waals surface area contributed by atoms with Gasteiger partial charge in [0.15, 0.2) is 5.78 Å². The number of amides is 3. The predicted molar refractivity (Wildman–Crippen MR) is 125 cm³/mol. The van der Waals surface area contributed by atoms with Gasteiger partial charge in [-0.25, -0.2) is 4.90 Å². The first kappa shape index (κ1) is 20.8. The lowest BCUT2D eigenvalue weighted by atomic mass is 9.71. The van der Waals surface area contributed by atoms with Crippen LogP contribution >= 0.6 is 0 Å². The molecule has 2 aliphatic rings. The van der Waals surface area contributed by atoms with E-state index in [4.69, 9.17) is 0 Å². The molecule has 1 heterocycles. The Morgan fingerprint density at radius 2 is 1.45 bits per heavy atom. The van der Waals surface area contributed by atoms with Crippen molar-refractivity contribution in [3.8, 4) is 0 Å². The average Bonchev–Trinajstić information content (AvgIpc) is 3.06. The maximum Gasteiger partial charge on any atom is 0.268 e. The topological polar surface area (TPSA) is 83.6 Å². The normalized spacial score (nSPS) is 16.4. The van der Waals surface area contributed by atoms with Crippen LogP contribution in [0.25, 0.3) is 0 Å². The van der Waals surface area contributed by atoms with E-state index < -0.39 is 17.7 Å². The van der Waals surface area contributed by atoms with Gasteiger partial charge in [0.25, 0.3) is 17.7 Å². The van der Waals surface area contributed by atoms with Crippen molar-refractivity contribution < 1.29 is 19.2 Å². The summed E-state index contributed by atoms with van der Waals surface area (Å²) in [6.07, 6.45) is 0.820. The molecule has 164 valence electrons. The molecule has 6 nitrogen and oxygen atoms in total. The van der Waals surface area contributed by atoms with E-state index >= 15 is 0 Å². The Labute approximate surface area is 191 Å². The van der Waals surface area contributed by atoms with Gasteiger partial charge in [0.1, 0.15) is 0 Å². The number of rotatable bonds is 3. The summed E-state index contributed by atoms with van der Waals surface area (Å²) in [5, 5.41) is 2.78. The molecule has 0 unspecified atom stereocenters. The predicted octanol–water partition coefficient (Wildman–Crippen LogP) is 4.89. The molecule has 0 bridgehead atoms. The van der Waals surface area contributed by atoms with Crippen LogP contribution in [0, 0.1) is 5.41 Å². The van der Waals surface area contributed by atoms with E-state index in [2.05, 4.69) is 5.32 Å². The van der Waals surface area contributed by atoms with E-state index in [9.17, 15) is 19.2 Å². The number of carbonyl (C=O) groups excluding carboxylic acids is 4. The molecular weight excluding hydrogens is 416 g/mol. The minimum atomic E-state index is -0.511. The Kier molecular flexibility index (Phi) is 4.74. The third kappa shape index (κ3) is 3.44. The maximum absolute atomic E-state index is 13.6. The number of ketones is 1. The lowest BCUT2D eigenvalue weighted by Gasteiger charge is -2.31. The van der Waals surface area contributed by atoms with Crippen LogP contribution in [0.4, 0.5) is 11.4 Å². The molecule has 0 fully saturated rings. The largest absolute Gasteiger partial charge is 0.321 e. The van der Waals surface area contributed by atoms with Crippen molar-refractivity contribution in [2.75, 3.05) is 10.2 Å². The molecule has 3 amide bonds. The molecule has 1 aliphatic heterocycles. The summed E-state index contributed by atoms with van der Waals surface area (Å²) in [6, 6.07) is 18.8. The van der Waals surface area contributed by atoms with Crippen LogP contribution in [0.15, 0.2) is 66.7 Å². The van der Waals surface area contributed by atoms with Gasteiger partial charge in [0.05, 0.1) is 22.5 Å². The zero-order valence-corrected chi connectivity index (χ0v) is 18.3. The molecule has 1 aliphatic carbocycles. The van der Waals surface area contributed by atoms with E-state index in [1.165, 1.54) is 0 Å². The van der Waals surface area contributed by atoms with Crippen LogP contribution < -0.4 is 10.2 Å². The summed E-state index contributed by atoms with van der Waals surface area (Å²) < 4.78 is 0. The van der Waals surface area contributed by atoms with Crippen LogP contribution in [0.3, 0.4) is 0 Å². The second-order valence-electron chi connectivity index (χ2n) is 9.24. The number of benzene rings is 3. The Balaban J connectivity index is 1.69. The summed E-state index contributed by atoms with van der Waals surface area (Å²) in [4.78, 5) is 54.2. The molecule has 3 aromatic rings. The first-order chi connectivity index (χ1) is 15.8. The summed E-state index contributed by atoms with van der Waals surface area (Å²) in [5.74, 6) is -1.50. The second-order valence-corrected chi connectivity index (χ2v) is 9.24. The number of hydrogen-bond donors (Lipinski definition) is 1. The molecule has 0 aromatic heterocycles. The Morgan fingerprint density at radius 1 is 0.848 bits per heavy atom. The minimum Gasteiger partial charge on any atom is -0.321 e. The van der Waals surface area contributed by atoms with Crippen molar-refractivity contribution in [2.24, 2.45) is 5.41 Å². The second kappa shape index (κ2) is 7.52. The van der Waals surface area contributed by atoms with Crippen LogP contribution in [-0.2, 0) is 6.42 Å². The Morgan fingerprint density at radius 3 is 2.12 bits per heavy atom. The minimum absolute atomic E-state index is 0.0994. The number of Topliss-reactive ketones (excluding diaryl/α,β-unsaturated/α-hetero) is 1. The highest BCUT2D eigenvalue weighted by molar-refractivity contribution is 6.37. The number of hydrogen-bond acceptors (Lipinski definition) is 4. The van der Waals surface area contributed by atoms with Crippen molar-refractivity contribution in [3.05, 3.63) is 94.5 Å². The highest BCUT2D eigenvalue weighted by atomic mass is 16.2. The fourth-order valence-electron chi connectivity index (χ4n) is 4.70. The first-order valence-electron chi connectivity index (χ1n) is 10.8. The SMILES string of the molecule is CC1(C)CC(=O)c2cc(NC(=O)c3ccccc3)c3c(c2C1)C(=O)N(c1ccccc1)C3=O. The third-order valence-corrected chi connectivity index (χ3v) is 6.16. The number of fused-ring (bicyclic) bond motifs is 3. The van der Waals surface area contributed by atoms with Gasteiger partial charge in [-0.3, -0.25) is 19.2 Å². The zero-order chi connectivity index (χ0) is 23.3. The summed E-state index contributed by atoms with van der Waals surface area (Å²) in [5.41, 5.74) is 2.03. The van der Waals surface area contributed by atoms with Crippen molar-refractivity contribution in [1.82, 2.24) is 0 Å². The van der Waals surface area contributed by atoms with Gasteiger partial charge >= 0.3 is 0 Å². The summed E-state index contributed by atoms with van der Waals surface area (Å²) in [7, 11) is 0. The monoisotopic (exact) mass is 438 g/mol. The van der Waals surface area contributed by atoms with Crippen molar-refractivity contribution >= 4 is 34.9 Å². The third-order valence-electron chi connectivity index (χ3n) is 6.16. The molecule has 0 saturated heterocycles. The fraction of sp³-hybridized carbons (Fsp3) is 0.185. The standard InChI is InChI=1S/C27H22N2O4/c1-27(2)14-19-18(21(30)15-27)13-20(28-24(31)16-9-5-3-6-10-16)23-22(19)25(32)29(26(23)33)17-11-7-4-8-12-17/h3-13H,14-15H2,1-2H3,(H,28,31). The van der Waals surface area contributed by atoms with E-state index in [-0.39, 0.29) is 28.0 Å². The average molecular weight is 438 g/mol. The molecule has 0 spiro atoms. The Hall–Kier alpha value is -4.06. The molecule has 3 aromatic carbocycles. The molecule has 6 heteroatoms. The summed E-state index contributed by atoms with van der Waals surface area (Å²) in [6.45, 7) is 3.95. The van der Waals surface area contributed by atoms with Crippen LogP contribution in [0.1, 0.15) is 67.3 Å². The number of imide groups is 1. The smallest absolute Gasteiger partial charge is 0.268 e. The molecule has 0 radical (unpaired) electrons. The highest BCUT2D eigenvalue weighted by Crippen LogP contribution is 2.43. The number of carbonyl (C=O) groups is 4. The van der Waals surface area contributed by atoms with E-state index in [1.54, 1.807) is 66.7 Å². The molecule has 33 heavy (non-hydrogen) atoms. The van der Waals surface area contributed by atoms with Gasteiger partial charge in [-0.2, -0.15) is 0 Å². The number of para-hydroxylation sites is 1. The summed E-state index contributed by atoms with van der Waals surface area (Å²) >= 11 is 0. The van der Waals surface area contributed by atoms with E-state index in [0.717, 1.165) is 4.90 Å². The van der Waals surface area contributed by atoms with Crippen LogP contribution in [-0.4, -0.2) is 23.5 Å². The van der Waals surface area contributed by atoms with E-state index in [1.807, 2.05) is 13.8 Å². The van der Waals surface area contributed by atoms with Crippen LogP contribution in [0.2, 0.25) is 0 Å². The number of nitrogens with zero attached hydrogens (tertiary/aromatic N) is 1. The van der Waals surface area contributed by atoms with Gasteiger partial charge in [-0.15, -0.1) is 0 Å². The molecule has 0 atom stereocenters. The van der Waals surface area contributed by atoms with Gasteiger partial charge in [-0.1, -0.05) is 50.2 Å². The Bertz CT molecular complexity index is 1330. The van der Waals surface area contributed by atoms with Gasteiger partial charge in [-0.05, 0) is 47.7 Å². The molecule has 1 N–H and O–H groups in total. The van der Waals surface area contributed by atoms with Crippen molar-refractivity contribution in [3.63, 3.8) is 0 Å². The van der Waals surface area contributed by atoms with Gasteiger partial charge in [0.2, 0.25) is 0 Å². The van der Waals surface area contributed by atoms with Crippen molar-refractivity contribution in [2.45, 2.75) is 26.7 Å². The number of nitrogens with one attached hydrogen (secondary N) is 1. The van der Waals surface area contributed by atoms with Gasteiger partial charge < -0.3 is 5.32 Å². The fourth-order valence-corrected chi connectivity index (χ4v) is 4.70. The quantitative estimate of drug-likeness (QED) is 0.590. The lowest BCUT2D eigenvalue weighted by Crippen LogP contribution is -2.31. The van der Waals surface area contributed by atoms with Crippen molar-refractivity contribution in [1.29, 1.82) is 0 Å². The van der Waals surface area contributed by atoms with Crippen LogP contribution in [0.5, 0.6) is 0 Å². The molecular formula is C27H22N2O4. The maximum atomic E-state index is 13.6. The highest BCUT2D eigenvalue weighted by Gasteiger charge is 2.45. The molecule has 5 rings (SSSR count). The first-order valence-corrected chi connectivity index (χ1v) is 10.8. The molecule has 0 saturated carbocycles. The lowest BCUT2D eigenvalue weighted by molar-refractivity contribution is 0.0909. The van der Waals surface area contributed by atoms with Gasteiger partial charge in [0, 0.05) is 17.5 Å².